The molecule has 0 radical (unpaired) electrons. The molecule has 0 amide bonds. The van der Waals surface area contributed by atoms with Crippen LogP contribution in [0.15, 0.2) is 0 Å². The Bertz CT molecular complexity index is 88.2. The number of rotatable bonds is 4. The Hall–Kier alpha value is -0.0800. The Kier molecular flexibility index (Phi) is 4.69. The maximum atomic E-state index is 8.75. The summed E-state index contributed by atoms with van der Waals surface area (Å²) in [5.74, 6) is 0.428. The van der Waals surface area contributed by atoms with Crippen molar-refractivity contribution in [2.45, 2.75) is 33.6 Å². The number of aliphatic hydroxyl groups excluding tert-OH is 2. The molecule has 2 heteroatoms. The second kappa shape index (κ2) is 4.73. The molecule has 2 nitrogen and oxygen atoms in total. The summed E-state index contributed by atoms with van der Waals surface area (Å²) in [5, 5.41) is 17.5. The van der Waals surface area contributed by atoms with Crippen LogP contribution in [0.3, 0.4) is 0 Å². The summed E-state index contributed by atoms with van der Waals surface area (Å²) >= 11 is 0. The Morgan fingerprint density at radius 1 is 1.00 bits per heavy atom. The Labute approximate surface area is 69.2 Å². The van der Waals surface area contributed by atoms with Crippen molar-refractivity contribution >= 4 is 0 Å². The summed E-state index contributed by atoms with van der Waals surface area (Å²) in [5.41, 5.74) is 0.200. The third-order valence-electron chi connectivity index (χ3n) is 2.18. The van der Waals surface area contributed by atoms with Crippen LogP contribution in [0.5, 0.6) is 0 Å². The van der Waals surface area contributed by atoms with Crippen LogP contribution >= 0.6 is 0 Å². The zero-order chi connectivity index (χ0) is 8.91. The molecule has 0 aliphatic rings. The lowest BCUT2D eigenvalue weighted by Crippen LogP contribution is -2.22. The van der Waals surface area contributed by atoms with Gasteiger partial charge >= 0.3 is 0 Å². The van der Waals surface area contributed by atoms with Crippen molar-refractivity contribution < 1.29 is 10.2 Å². The monoisotopic (exact) mass is 160 g/mol. The molecule has 68 valence electrons. The lowest BCUT2D eigenvalue weighted by atomic mass is 9.77. The van der Waals surface area contributed by atoms with E-state index in [4.69, 9.17) is 10.2 Å². The molecule has 0 unspecified atom stereocenters. The third kappa shape index (κ3) is 4.38. The van der Waals surface area contributed by atoms with Gasteiger partial charge in [0.15, 0.2) is 0 Å². The molecule has 0 aromatic rings. The molecule has 0 aliphatic heterocycles. The van der Waals surface area contributed by atoms with Crippen molar-refractivity contribution in [1.82, 2.24) is 0 Å². The van der Waals surface area contributed by atoms with Crippen LogP contribution in [0.2, 0.25) is 0 Å². The largest absolute Gasteiger partial charge is 0.396 e. The highest BCUT2D eigenvalue weighted by Crippen LogP contribution is 2.30. The summed E-state index contributed by atoms with van der Waals surface area (Å²) in [6.45, 7) is 6.87. The molecule has 0 aromatic carbocycles. The maximum Gasteiger partial charge on any atom is 0.0433 e. The number of aliphatic hydroxyl groups is 2. The normalized spacial score (nSPS) is 12.5. The SMILES string of the molecule is CC(C)(C)C(CCO)CCO. The van der Waals surface area contributed by atoms with E-state index in [0.29, 0.717) is 5.92 Å². The smallest absolute Gasteiger partial charge is 0.0433 e. The van der Waals surface area contributed by atoms with Gasteiger partial charge in [0.1, 0.15) is 0 Å². The fourth-order valence-electron chi connectivity index (χ4n) is 1.32. The van der Waals surface area contributed by atoms with Crippen molar-refractivity contribution in [3.05, 3.63) is 0 Å². The lowest BCUT2D eigenvalue weighted by Gasteiger charge is -2.29. The summed E-state index contributed by atoms with van der Waals surface area (Å²) in [7, 11) is 0. The van der Waals surface area contributed by atoms with E-state index in [0.717, 1.165) is 12.8 Å². The minimum absolute atomic E-state index is 0.200. The zero-order valence-electron chi connectivity index (χ0n) is 7.80. The van der Waals surface area contributed by atoms with Gasteiger partial charge in [-0.25, -0.2) is 0 Å². The van der Waals surface area contributed by atoms with Gasteiger partial charge in [-0.3, -0.25) is 0 Å². The fourth-order valence-corrected chi connectivity index (χ4v) is 1.32. The molecule has 0 aromatic heterocycles. The van der Waals surface area contributed by atoms with Crippen molar-refractivity contribution in [3.8, 4) is 0 Å². The summed E-state index contributed by atoms with van der Waals surface area (Å²) in [6, 6.07) is 0. The van der Waals surface area contributed by atoms with E-state index >= 15 is 0 Å². The zero-order valence-corrected chi connectivity index (χ0v) is 7.80. The molecular formula is C9H20O2. The summed E-state index contributed by atoms with van der Waals surface area (Å²) in [4.78, 5) is 0. The van der Waals surface area contributed by atoms with Crippen LogP contribution in [0, 0.1) is 11.3 Å². The minimum atomic E-state index is 0.200. The van der Waals surface area contributed by atoms with E-state index in [2.05, 4.69) is 20.8 Å². The average Bonchev–Trinajstić information content (AvgIpc) is 1.85. The van der Waals surface area contributed by atoms with Gasteiger partial charge in [0, 0.05) is 13.2 Å². The molecule has 0 rings (SSSR count). The predicted molar refractivity (Wildman–Crippen MR) is 46.4 cm³/mol. The van der Waals surface area contributed by atoms with Gasteiger partial charge in [-0.1, -0.05) is 20.8 Å². The first-order valence-corrected chi connectivity index (χ1v) is 4.24. The van der Waals surface area contributed by atoms with Gasteiger partial charge in [-0.15, -0.1) is 0 Å². The first-order valence-electron chi connectivity index (χ1n) is 4.24. The fraction of sp³-hybridized carbons (Fsp3) is 1.00. The molecule has 0 aliphatic carbocycles. The van der Waals surface area contributed by atoms with Crippen molar-refractivity contribution in [3.63, 3.8) is 0 Å². The molecule has 0 bridgehead atoms. The number of hydrogen-bond donors (Lipinski definition) is 2. The Balaban J connectivity index is 3.88. The van der Waals surface area contributed by atoms with Gasteiger partial charge in [0.25, 0.3) is 0 Å². The van der Waals surface area contributed by atoms with E-state index in [9.17, 15) is 0 Å². The van der Waals surface area contributed by atoms with Gasteiger partial charge in [0.2, 0.25) is 0 Å². The highest BCUT2D eigenvalue weighted by Gasteiger charge is 2.22. The van der Waals surface area contributed by atoms with Crippen LogP contribution in [-0.4, -0.2) is 23.4 Å². The Morgan fingerprint density at radius 3 is 1.55 bits per heavy atom. The van der Waals surface area contributed by atoms with Crippen LogP contribution in [0.25, 0.3) is 0 Å². The van der Waals surface area contributed by atoms with Gasteiger partial charge in [0.05, 0.1) is 0 Å². The van der Waals surface area contributed by atoms with E-state index in [1.165, 1.54) is 0 Å². The van der Waals surface area contributed by atoms with Crippen molar-refractivity contribution in [2.24, 2.45) is 11.3 Å². The molecule has 0 heterocycles. The molecule has 0 saturated heterocycles. The van der Waals surface area contributed by atoms with Gasteiger partial charge in [-0.2, -0.15) is 0 Å². The van der Waals surface area contributed by atoms with E-state index < -0.39 is 0 Å². The minimum Gasteiger partial charge on any atom is -0.396 e. The predicted octanol–water partition coefficient (Wildman–Crippen LogP) is 1.41. The van der Waals surface area contributed by atoms with Gasteiger partial charge in [-0.05, 0) is 24.2 Å². The second-order valence-corrected chi connectivity index (χ2v) is 4.09. The van der Waals surface area contributed by atoms with Crippen LogP contribution in [0.1, 0.15) is 33.6 Å². The van der Waals surface area contributed by atoms with E-state index in [1.54, 1.807) is 0 Å². The van der Waals surface area contributed by atoms with Crippen LogP contribution in [0.4, 0.5) is 0 Å². The van der Waals surface area contributed by atoms with Crippen LogP contribution < -0.4 is 0 Å². The quantitative estimate of drug-likeness (QED) is 0.653. The standard InChI is InChI=1S/C9H20O2/c1-9(2,3)8(4-6-10)5-7-11/h8,10-11H,4-7H2,1-3H3. The molecule has 0 fully saturated rings. The van der Waals surface area contributed by atoms with Crippen LogP contribution in [-0.2, 0) is 0 Å². The highest BCUT2D eigenvalue weighted by molar-refractivity contribution is 4.73. The molecule has 11 heavy (non-hydrogen) atoms. The van der Waals surface area contributed by atoms with Crippen molar-refractivity contribution in [1.29, 1.82) is 0 Å². The maximum absolute atomic E-state index is 8.75. The lowest BCUT2D eigenvalue weighted by molar-refractivity contribution is 0.137. The Morgan fingerprint density at radius 2 is 1.36 bits per heavy atom. The van der Waals surface area contributed by atoms with E-state index in [-0.39, 0.29) is 18.6 Å². The highest BCUT2D eigenvalue weighted by atomic mass is 16.3. The molecule has 0 atom stereocenters. The third-order valence-corrected chi connectivity index (χ3v) is 2.18. The second-order valence-electron chi connectivity index (χ2n) is 4.09. The summed E-state index contributed by atoms with van der Waals surface area (Å²) in [6.07, 6.45) is 1.59. The molecule has 0 spiro atoms. The summed E-state index contributed by atoms with van der Waals surface area (Å²) < 4.78 is 0. The first kappa shape index (κ1) is 10.9. The van der Waals surface area contributed by atoms with Crippen molar-refractivity contribution in [2.75, 3.05) is 13.2 Å². The topological polar surface area (TPSA) is 40.5 Å². The van der Waals surface area contributed by atoms with Gasteiger partial charge < -0.3 is 10.2 Å². The molecule has 0 saturated carbocycles. The number of hydrogen-bond acceptors (Lipinski definition) is 2. The first-order chi connectivity index (χ1) is 5.02. The van der Waals surface area contributed by atoms with E-state index in [1.807, 2.05) is 0 Å². The molecule has 2 N–H and O–H groups in total. The molecular weight excluding hydrogens is 140 g/mol. The average molecular weight is 160 g/mol.